The minimum atomic E-state index is -0.370. The summed E-state index contributed by atoms with van der Waals surface area (Å²) in [5.41, 5.74) is 0. The molecule has 20 heavy (non-hydrogen) atoms. The van der Waals surface area contributed by atoms with Crippen LogP contribution in [0.4, 0.5) is 0 Å². The molecular weight excluding hydrogens is 260 g/mol. The molecule has 1 aliphatic heterocycles. The first kappa shape index (κ1) is 14.8. The summed E-state index contributed by atoms with van der Waals surface area (Å²) >= 11 is 0. The molecule has 1 N–H and O–H groups in total. The first-order valence-electron chi connectivity index (χ1n) is 7.25. The van der Waals surface area contributed by atoms with Crippen LogP contribution in [-0.4, -0.2) is 48.9 Å². The molecule has 6 nitrogen and oxygen atoms in total. The third-order valence-corrected chi connectivity index (χ3v) is 3.88. The van der Waals surface area contributed by atoms with Gasteiger partial charge in [-0.2, -0.15) is 0 Å². The number of piperidine rings is 1. The molecule has 1 saturated heterocycles. The van der Waals surface area contributed by atoms with Gasteiger partial charge in [0.25, 0.3) is 0 Å². The summed E-state index contributed by atoms with van der Waals surface area (Å²) in [5.74, 6) is 0.0500. The van der Waals surface area contributed by atoms with Crippen LogP contribution in [-0.2, 0) is 19.1 Å². The fourth-order valence-corrected chi connectivity index (χ4v) is 2.45. The highest BCUT2D eigenvalue weighted by Crippen LogP contribution is 2.31. The summed E-state index contributed by atoms with van der Waals surface area (Å²) in [6.45, 7) is 1.44. The van der Waals surface area contributed by atoms with Crippen molar-refractivity contribution in [3.05, 3.63) is 0 Å². The van der Waals surface area contributed by atoms with Gasteiger partial charge in [-0.3, -0.25) is 14.4 Å². The Balaban J connectivity index is 1.64. The highest BCUT2D eigenvalue weighted by Gasteiger charge is 2.35. The van der Waals surface area contributed by atoms with Crippen LogP contribution < -0.4 is 5.32 Å². The monoisotopic (exact) mass is 282 g/mol. The lowest BCUT2D eigenvalue weighted by Gasteiger charge is -2.32. The number of hydrogen-bond donors (Lipinski definition) is 1. The van der Waals surface area contributed by atoms with Gasteiger partial charge in [0, 0.05) is 31.5 Å². The highest BCUT2D eigenvalue weighted by molar-refractivity contribution is 5.82. The number of carbonyl (C=O) groups is 3. The van der Waals surface area contributed by atoms with Crippen molar-refractivity contribution in [1.29, 1.82) is 0 Å². The van der Waals surface area contributed by atoms with E-state index in [9.17, 15) is 14.4 Å². The molecule has 1 aliphatic carbocycles. The number of amides is 2. The summed E-state index contributed by atoms with van der Waals surface area (Å²) in [5, 5.41) is 2.92. The molecule has 2 rings (SSSR count). The van der Waals surface area contributed by atoms with Crippen LogP contribution in [0.25, 0.3) is 0 Å². The average molecular weight is 282 g/mol. The summed E-state index contributed by atoms with van der Waals surface area (Å²) in [4.78, 5) is 36.4. The normalized spacial score (nSPS) is 19.6. The van der Waals surface area contributed by atoms with Crippen molar-refractivity contribution in [2.24, 2.45) is 5.92 Å². The fourth-order valence-electron chi connectivity index (χ4n) is 2.45. The molecule has 6 heteroatoms. The largest absolute Gasteiger partial charge is 0.469 e. The third-order valence-electron chi connectivity index (χ3n) is 3.88. The smallest absolute Gasteiger partial charge is 0.306 e. The van der Waals surface area contributed by atoms with E-state index in [2.05, 4.69) is 10.1 Å². The highest BCUT2D eigenvalue weighted by atomic mass is 16.5. The molecule has 2 fully saturated rings. The van der Waals surface area contributed by atoms with E-state index in [1.165, 1.54) is 7.11 Å². The Hall–Kier alpha value is -1.59. The zero-order chi connectivity index (χ0) is 14.5. The average Bonchev–Trinajstić information content (AvgIpc) is 3.29. The molecule has 0 aromatic rings. The molecule has 0 bridgehead atoms. The number of rotatable bonds is 5. The molecule has 0 aromatic carbocycles. The lowest BCUT2D eigenvalue weighted by atomic mass is 10.0. The SMILES string of the molecule is COC(=O)CCC(=O)NC1CCN(C(=O)C2CC2)CC1. The lowest BCUT2D eigenvalue weighted by Crippen LogP contribution is -2.47. The van der Waals surface area contributed by atoms with Crippen molar-refractivity contribution >= 4 is 17.8 Å². The maximum atomic E-state index is 11.9. The van der Waals surface area contributed by atoms with Gasteiger partial charge in [0.15, 0.2) is 0 Å². The number of nitrogens with one attached hydrogen (secondary N) is 1. The van der Waals surface area contributed by atoms with Gasteiger partial charge in [-0.1, -0.05) is 0 Å². The zero-order valence-corrected chi connectivity index (χ0v) is 11.9. The number of likely N-dealkylation sites (tertiary alicyclic amines) is 1. The summed E-state index contributed by atoms with van der Waals surface area (Å²) in [6, 6.07) is 0.114. The van der Waals surface area contributed by atoms with Crippen molar-refractivity contribution in [3.8, 4) is 0 Å². The van der Waals surface area contributed by atoms with Crippen LogP contribution in [0.5, 0.6) is 0 Å². The van der Waals surface area contributed by atoms with Crippen molar-refractivity contribution in [2.75, 3.05) is 20.2 Å². The Kier molecular flexibility index (Phi) is 4.98. The van der Waals surface area contributed by atoms with Crippen molar-refractivity contribution in [2.45, 2.75) is 44.6 Å². The number of nitrogens with zero attached hydrogens (tertiary/aromatic N) is 1. The molecule has 112 valence electrons. The van der Waals surface area contributed by atoms with Gasteiger partial charge in [-0.05, 0) is 25.7 Å². The second kappa shape index (κ2) is 6.72. The van der Waals surface area contributed by atoms with Gasteiger partial charge in [-0.25, -0.2) is 0 Å². The molecule has 1 heterocycles. The number of esters is 1. The predicted octanol–water partition coefficient (Wildman–Crippen LogP) is 0.457. The quantitative estimate of drug-likeness (QED) is 0.743. The second-order valence-electron chi connectivity index (χ2n) is 5.52. The van der Waals surface area contributed by atoms with E-state index < -0.39 is 0 Å². The second-order valence-corrected chi connectivity index (χ2v) is 5.52. The summed E-state index contributed by atoms with van der Waals surface area (Å²) in [7, 11) is 1.31. The van der Waals surface area contributed by atoms with Gasteiger partial charge in [0.2, 0.25) is 11.8 Å². The Labute approximate surface area is 118 Å². The van der Waals surface area contributed by atoms with Crippen molar-refractivity contribution in [1.82, 2.24) is 10.2 Å². The molecule has 0 aromatic heterocycles. The first-order chi connectivity index (χ1) is 9.60. The van der Waals surface area contributed by atoms with Crippen LogP contribution in [0.2, 0.25) is 0 Å². The van der Waals surface area contributed by atoms with Crippen LogP contribution in [0, 0.1) is 5.92 Å². The van der Waals surface area contributed by atoms with E-state index in [0.717, 1.165) is 38.8 Å². The Morgan fingerprint density at radius 2 is 1.75 bits per heavy atom. The van der Waals surface area contributed by atoms with E-state index in [-0.39, 0.29) is 42.6 Å². The minimum absolute atomic E-state index is 0.112. The number of ether oxygens (including phenoxy) is 1. The van der Waals surface area contributed by atoms with E-state index in [4.69, 9.17) is 0 Å². The van der Waals surface area contributed by atoms with Gasteiger partial charge >= 0.3 is 5.97 Å². The zero-order valence-electron chi connectivity index (χ0n) is 11.9. The van der Waals surface area contributed by atoms with Crippen LogP contribution in [0.15, 0.2) is 0 Å². The Morgan fingerprint density at radius 3 is 2.30 bits per heavy atom. The maximum absolute atomic E-state index is 11.9. The molecule has 0 spiro atoms. The maximum Gasteiger partial charge on any atom is 0.306 e. The van der Waals surface area contributed by atoms with E-state index in [1.807, 2.05) is 4.90 Å². The molecule has 0 atom stereocenters. The number of hydrogen-bond acceptors (Lipinski definition) is 4. The Morgan fingerprint density at radius 1 is 1.10 bits per heavy atom. The van der Waals surface area contributed by atoms with Gasteiger partial charge in [0.05, 0.1) is 13.5 Å². The molecular formula is C14H22N2O4. The van der Waals surface area contributed by atoms with E-state index in [0.29, 0.717) is 0 Å². The van der Waals surface area contributed by atoms with Crippen molar-refractivity contribution < 1.29 is 19.1 Å². The van der Waals surface area contributed by atoms with Crippen LogP contribution >= 0.6 is 0 Å². The molecule has 1 saturated carbocycles. The topological polar surface area (TPSA) is 75.7 Å². The van der Waals surface area contributed by atoms with Crippen LogP contribution in [0.1, 0.15) is 38.5 Å². The molecule has 2 aliphatic rings. The van der Waals surface area contributed by atoms with Gasteiger partial charge < -0.3 is 15.0 Å². The summed E-state index contributed by atoms with van der Waals surface area (Å²) in [6.07, 6.45) is 3.92. The van der Waals surface area contributed by atoms with E-state index in [1.54, 1.807) is 0 Å². The molecule has 2 amide bonds. The van der Waals surface area contributed by atoms with Crippen molar-refractivity contribution in [3.63, 3.8) is 0 Å². The Bertz CT molecular complexity index is 385. The predicted molar refractivity (Wildman–Crippen MR) is 71.7 cm³/mol. The number of methoxy groups -OCH3 is 1. The first-order valence-corrected chi connectivity index (χ1v) is 7.25. The van der Waals surface area contributed by atoms with E-state index >= 15 is 0 Å². The molecule has 0 unspecified atom stereocenters. The van der Waals surface area contributed by atoms with Crippen LogP contribution in [0.3, 0.4) is 0 Å². The summed E-state index contributed by atoms with van der Waals surface area (Å²) < 4.78 is 4.50. The standard InChI is InChI=1S/C14H22N2O4/c1-20-13(18)5-4-12(17)15-11-6-8-16(9-7-11)14(19)10-2-3-10/h10-11H,2-9H2,1H3,(H,15,17). The van der Waals surface area contributed by atoms with Gasteiger partial charge in [0.1, 0.15) is 0 Å². The number of carbonyl (C=O) groups excluding carboxylic acids is 3. The minimum Gasteiger partial charge on any atom is -0.469 e. The lowest BCUT2D eigenvalue weighted by molar-refractivity contribution is -0.142. The molecule has 0 radical (unpaired) electrons. The van der Waals surface area contributed by atoms with Gasteiger partial charge in [-0.15, -0.1) is 0 Å². The third kappa shape index (κ3) is 4.21. The fraction of sp³-hybridized carbons (Fsp3) is 0.786.